The Balaban J connectivity index is -0.000000173. The first-order chi connectivity index (χ1) is 10.5. The molecule has 0 fully saturated rings. The molecule has 0 bridgehead atoms. The largest absolute Gasteiger partial charge is 3.00 e. The van der Waals surface area contributed by atoms with Crippen LogP contribution in [-0.2, 0) is 61.8 Å². The fraction of sp³-hybridized carbons (Fsp3) is 0.500. The summed E-state index contributed by atoms with van der Waals surface area (Å²) in [6.45, 7) is 0. The Hall–Kier alpha value is -0.560. The van der Waals surface area contributed by atoms with Gasteiger partial charge in [0.25, 0.3) is 20.2 Å². The predicted molar refractivity (Wildman–Crippen MR) is 59.9 cm³/mol. The number of rotatable bonds is 8. The van der Waals surface area contributed by atoms with Gasteiger partial charge in [0.1, 0.15) is 10.5 Å². The second-order valence-electron chi connectivity index (χ2n) is 3.80. The molecule has 0 heterocycles. The van der Waals surface area contributed by atoms with E-state index in [0.717, 1.165) is 0 Å². The van der Waals surface area contributed by atoms with Crippen molar-refractivity contribution in [3.8, 4) is 0 Å². The summed E-state index contributed by atoms with van der Waals surface area (Å²) in [5.41, 5.74) is 0. The van der Waals surface area contributed by atoms with Gasteiger partial charge >= 0.3 is 51.9 Å². The number of carbonyl (C=O) groups excluding carboxylic acids is 4. The van der Waals surface area contributed by atoms with E-state index in [4.69, 9.17) is 9.11 Å². The smallest absolute Gasteiger partial charge is 0.550 e. The van der Waals surface area contributed by atoms with Crippen LogP contribution in [0.3, 0.4) is 0 Å². The van der Waals surface area contributed by atoms with Gasteiger partial charge in [-0.2, -0.15) is 16.8 Å². The van der Waals surface area contributed by atoms with Crippen LogP contribution >= 0.6 is 0 Å². The van der Waals surface area contributed by atoms with Crippen LogP contribution in [-0.4, -0.2) is 60.3 Å². The molecule has 0 aliphatic carbocycles. The van der Waals surface area contributed by atoms with Gasteiger partial charge in [0, 0.05) is 24.8 Å². The Morgan fingerprint density at radius 3 is 0.923 bits per heavy atom. The first-order valence-electron chi connectivity index (χ1n) is 5.24. The summed E-state index contributed by atoms with van der Waals surface area (Å²) >= 11 is 0. The molecule has 2 atom stereocenters. The number of carboxylic acid groups (broad SMARTS) is 4. The average molecular weight is 612 g/mol. The molecule has 0 saturated carbocycles. The van der Waals surface area contributed by atoms with Crippen LogP contribution in [0.25, 0.3) is 0 Å². The van der Waals surface area contributed by atoms with Crippen molar-refractivity contribution in [1.82, 2.24) is 0 Å². The summed E-state index contributed by atoms with van der Waals surface area (Å²) in [6.07, 6.45) is -2.66. The zero-order valence-corrected chi connectivity index (χ0v) is 18.3. The summed E-state index contributed by atoms with van der Waals surface area (Å²) in [5, 5.41) is 34.5. The zero-order chi connectivity index (χ0) is 19.9. The van der Waals surface area contributed by atoms with Crippen molar-refractivity contribution < 1.29 is 117 Å². The molecule has 0 radical (unpaired) electrons. The molecule has 2 unspecified atom stereocenters. The van der Waals surface area contributed by atoms with Crippen LogP contribution in [0.15, 0.2) is 0 Å². The van der Waals surface area contributed by atoms with E-state index in [2.05, 4.69) is 0 Å². The Morgan fingerprint density at radius 1 is 0.692 bits per heavy atom. The maximum absolute atomic E-state index is 10.2. The molecule has 2 N–H and O–H groups in total. The standard InChI is InChI=1S/2C4H6O7S.Au.Na/c2*5-3(6)1-2(4(7)8)12(9,10)11;;/h2*2H,1H2,(H,5,6)(H,7,8)(H,9,10,11);;/q;;+3;+1/p-4. The second kappa shape index (κ2) is 13.6. The third kappa shape index (κ3) is 15.7. The number of hydrogen-bond donors (Lipinski definition) is 2. The summed E-state index contributed by atoms with van der Waals surface area (Å²) in [4.78, 5) is 39.4. The summed E-state index contributed by atoms with van der Waals surface area (Å²) in [5.74, 6) is -8.16. The van der Waals surface area contributed by atoms with Crippen molar-refractivity contribution in [3.05, 3.63) is 0 Å². The van der Waals surface area contributed by atoms with E-state index in [1.807, 2.05) is 0 Å². The van der Waals surface area contributed by atoms with Crippen molar-refractivity contribution in [3.63, 3.8) is 0 Å². The van der Waals surface area contributed by atoms with E-state index in [1.54, 1.807) is 0 Å². The zero-order valence-electron chi connectivity index (χ0n) is 12.5. The maximum atomic E-state index is 10.2. The average Bonchev–Trinajstić information content (AvgIpc) is 2.30. The van der Waals surface area contributed by atoms with E-state index < -0.39 is 67.5 Å². The molecule has 14 nitrogen and oxygen atoms in total. The monoisotopic (exact) mass is 612 g/mol. The summed E-state index contributed by atoms with van der Waals surface area (Å²) < 4.78 is 56.9. The summed E-state index contributed by atoms with van der Waals surface area (Å²) in [6, 6.07) is 0. The normalized spacial score (nSPS) is 12.7. The minimum Gasteiger partial charge on any atom is -0.550 e. The van der Waals surface area contributed by atoms with Crippen LogP contribution in [0.4, 0.5) is 0 Å². The minimum absolute atomic E-state index is 0. The van der Waals surface area contributed by atoms with Crippen molar-refractivity contribution in [1.29, 1.82) is 0 Å². The number of aliphatic carboxylic acids is 4. The minimum atomic E-state index is -4.94. The van der Waals surface area contributed by atoms with Crippen molar-refractivity contribution in [2.24, 2.45) is 0 Å². The first-order valence-corrected chi connectivity index (χ1v) is 8.24. The molecular formula is C8H8AuNaO14S2. The molecule has 0 spiro atoms. The van der Waals surface area contributed by atoms with E-state index in [-0.39, 0.29) is 51.9 Å². The molecule has 0 amide bonds. The van der Waals surface area contributed by atoms with Crippen molar-refractivity contribution in [2.45, 2.75) is 23.3 Å². The molecule has 0 saturated heterocycles. The number of carbonyl (C=O) groups is 4. The third-order valence-corrected chi connectivity index (χ3v) is 4.11. The fourth-order valence-corrected chi connectivity index (χ4v) is 2.10. The van der Waals surface area contributed by atoms with Gasteiger partial charge < -0.3 is 39.6 Å². The molecule has 0 aliphatic heterocycles. The molecule has 0 aromatic carbocycles. The molecule has 26 heavy (non-hydrogen) atoms. The molecule has 0 aromatic heterocycles. The van der Waals surface area contributed by atoms with E-state index in [0.29, 0.717) is 0 Å². The maximum Gasteiger partial charge on any atom is 3.00 e. The quantitative estimate of drug-likeness (QED) is 0.190. The SMILES string of the molecule is O=C([O-])CC(C(=O)[O-])S(=O)(=O)O.O=C([O-])CC(C(=O)[O-])S(=O)(=O)O.[Au+3].[Na+]. The third-order valence-electron chi connectivity index (χ3n) is 1.95. The van der Waals surface area contributed by atoms with E-state index in [9.17, 15) is 56.4 Å². The molecule has 18 heteroatoms. The molecule has 148 valence electrons. The number of hydrogen-bond acceptors (Lipinski definition) is 12. The summed E-state index contributed by atoms with van der Waals surface area (Å²) in [7, 11) is -9.88. The predicted octanol–water partition coefficient (Wildman–Crippen LogP) is -10.7. The fourth-order valence-electron chi connectivity index (χ4n) is 0.923. The van der Waals surface area contributed by atoms with Gasteiger partial charge in [-0.25, -0.2) is 0 Å². The molecule has 0 rings (SSSR count). The molecular weight excluding hydrogens is 604 g/mol. The van der Waals surface area contributed by atoms with Gasteiger partial charge in [0.05, 0.1) is 11.9 Å². The van der Waals surface area contributed by atoms with Gasteiger partial charge in [0.15, 0.2) is 0 Å². The van der Waals surface area contributed by atoms with Gasteiger partial charge in [-0.15, -0.1) is 0 Å². The Kier molecular flexibility index (Phi) is 17.3. The van der Waals surface area contributed by atoms with E-state index in [1.165, 1.54) is 0 Å². The van der Waals surface area contributed by atoms with Crippen LogP contribution < -0.4 is 50.0 Å². The van der Waals surface area contributed by atoms with Gasteiger partial charge in [-0.05, 0) is 0 Å². The van der Waals surface area contributed by atoms with Crippen LogP contribution in [0.2, 0.25) is 0 Å². The van der Waals surface area contributed by atoms with Gasteiger partial charge in [-0.1, -0.05) is 0 Å². The van der Waals surface area contributed by atoms with Crippen LogP contribution in [0.5, 0.6) is 0 Å². The molecule has 0 aromatic rings. The van der Waals surface area contributed by atoms with Crippen molar-refractivity contribution in [2.75, 3.05) is 0 Å². The second-order valence-corrected chi connectivity index (χ2v) is 7.00. The topological polar surface area (TPSA) is 269 Å². The number of carboxylic acids is 4. The Bertz CT molecular complexity index is 651. The Labute approximate surface area is 183 Å². The first kappa shape index (κ1) is 33.1. The van der Waals surface area contributed by atoms with Gasteiger partial charge in [-0.3, -0.25) is 9.11 Å². The van der Waals surface area contributed by atoms with Crippen LogP contribution in [0, 0.1) is 0 Å². The Morgan fingerprint density at radius 2 is 0.885 bits per heavy atom. The van der Waals surface area contributed by atoms with Crippen molar-refractivity contribution >= 4 is 44.1 Å². The van der Waals surface area contributed by atoms with E-state index >= 15 is 0 Å². The van der Waals surface area contributed by atoms with Crippen LogP contribution in [0.1, 0.15) is 12.8 Å². The van der Waals surface area contributed by atoms with Gasteiger partial charge in [0.2, 0.25) is 0 Å². The molecule has 0 aliphatic rings.